The Balaban J connectivity index is 2.08. The maximum Gasteiger partial charge on any atom is 0.125 e. The van der Waals surface area contributed by atoms with Crippen LogP contribution in [0.25, 0.3) is 0 Å². The normalized spacial score (nSPS) is 10.7. The zero-order valence-electron chi connectivity index (χ0n) is 12.9. The van der Waals surface area contributed by atoms with Gasteiger partial charge in [-0.3, -0.25) is 0 Å². The Morgan fingerprint density at radius 3 is 2.05 bits per heavy atom. The highest BCUT2D eigenvalue weighted by Crippen LogP contribution is 2.25. The van der Waals surface area contributed by atoms with Crippen LogP contribution in [0.5, 0.6) is 5.75 Å². The van der Waals surface area contributed by atoms with E-state index in [0.29, 0.717) is 6.61 Å². The van der Waals surface area contributed by atoms with E-state index in [0.717, 1.165) is 34.5 Å². The van der Waals surface area contributed by atoms with Crippen LogP contribution in [0.3, 0.4) is 0 Å². The quantitative estimate of drug-likeness (QED) is 0.857. The van der Waals surface area contributed by atoms with Crippen molar-refractivity contribution >= 4 is 0 Å². The first kappa shape index (κ1) is 15.5. The lowest BCUT2D eigenvalue weighted by Crippen LogP contribution is -2.06. The van der Waals surface area contributed by atoms with Gasteiger partial charge in [-0.2, -0.15) is 0 Å². The highest BCUT2D eigenvalue weighted by molar-refractivity contribution is 5.43. The first-order valence-corrected chi connectivity index (χ1v) is 7.20. The van der Waals surface area contributed by atoms with Gasteiger partial charge in [-0.25, -0.2) is 0 Å². The highest BCUT2D eigenvalue weighted by Gasteiger charge is 2.07. The summed E-state index contributed by atoms with van der Waals surface area (Å²) < 4.78 is 5.98. The number of aliphatic hydroxyl groups excluding tert-OH is 1. The van der Waals surface area contributed by atoms with E-state index in [-0.39, 0.29) is 6.61 Å². The fourth-order valence-electron chi connectivity index (χ4n) is 2.47. The molecule has 3 heteroatoms. The predicted molar refractivity (Wildman–Crippen MR) is 85.4 cm³/mol. The zero-order valence-corrected chi connectivity index (χ0v) is 12.9. The highest BCUT2D eigenvalue weighted by atomic mass is 16.5. The summed E-state index contributed by atoms with van der Waals surface area (Å²) in [4.78, 5) is 0. The van der Waals surface area contributed by atoms with Crippen LogP contribution in [-0.4, -0.2) is 12.2 Å². The van der Waals surface area contributed by atoms with Gasteiger partial charge in [0.2, 0.25) is 0 Å². The van der Waals surface area contributed by atoms with Gasteiger partial charge in [0.15, 0.2) is 0 Å². The molecule has 0 atom stereocenters. The monoisotopic (exact) mass is 285 g/mol. The molecule has 0 fully saturated rings. The summed E-state index contributed by atoms with van der Waals surface area (Å²) in [5, 5.41) is 12.2. The number of aliphatic hydroxyl groups is 1. The van der Waals surface area contributed by atoms with Crippen molar-refractivity contribution in [3.05, 3.63) is 64.2 Å². The molecule has 0 radical (unpaired) electrons. The molecule has 0 bridgehead atoms. The summed E-state index contributed by atoms with van der Waals surface area (Å²) in [6.07, 6.45) is 0. The number of nitrogens with one attached hydrogen (secondary N) is 1. The van der Waals surface area contributed by atoms with Crippen LogP contribution in [-0.2, 0) is 19.8 Å². The standard InChI is InChI=1S/C18H23NO2/c1-13-8-17(10-19-3)9-14(2)18(13)21-12-16-6-4-15(11-20)5-7-16/h4-9,19-20H,10-12H2,1-3H3. The summed E-state index contributed by atoms with van der Waals surface area (Å²) in [5.74, 6) is 0.959. The minimum Gasteiger partial charge on any atom is -0.488 e. The van der Waals surface area contributed by atoms with Crippen LogP contribution in [0.4, 0.5) is 0 Å². The summed E-state index contributed by atoms with van der Waals surface area (Å²) in [6.45, 7) is 5.64. The van der Waals surface area contributed by atoms with Crippen LogP contribution < -0.4 is 10.1 Å². The van der Waals surface area contributed by atoms with E-state index in [1.54, 1.807) is 0 Å². The molecule has 21 heavy (non-hydrogen) atoms. The number of hydrogen-bond donors (Lipinski definition) is 2. The van der Waals surface area contributed by atoms with E-state index in [4.69, 9.17) is 9.84 Å². The molecule has 0 aliphatic rings. The van der Waals surface area contributed by atoms with E-state index in [2.05, 4.69) is 31.3 Å². The molecule has 3 nitrogen and oxygen atoms in total. The van der Waals surface area contributed by atoms with E-state index in [9.17, 15) is 0 Å². The van der Waals surface area contributed by atoms with Gasteiger partial charge >= 0.3 is 0 Å². The fraction of sp³-hybridized carbons (Fsp3) is 0.333. The van der Waals surface area contributed by atoms with E-state index >= 15 is 0 Å². The summed E-state index contributed by atoms with van der Waals surface area (Å²) in [5.41, 5.74) is 5.61. The van der Waals surface area contributed by atoms with Crippen molar-refractivity contribution in [1.82, 2.24) is 5.32 Å². The van der Waals surface area contributed by atoms with Gasteiger partial charge in [0.25, 0.3) is 0 Å². The number of hydrogen-bond acceptors (Lipinski definition) is 3. The Labute approximate surface area is 126 Å². The van der Waals surface area contributed by atoms with Crippen LogP contribution in [0, 0.1) is 13.8 Å². The number of ether oxygens (including phenoxy) is 1. The third-order valence-electron chi connectivity index (χ3n) is 3.49. The van der Waals surface area contributed by atoms with E-state index in [1.165, 1.54) is 5.56 Å². The van der Waals surface area contributed by atoms with Crippen molar-refractivity contribution in [2.24, 2.45) is 0 Å². The largest absolute Gasteiger partial charge is 0.488 e. The van der Waals surface area contributed by atoms with E-state index in [1.807, 2.05) is 31.3 Å². The number of benzene rings is 2. The Hall–Kier alpha value is -1.84. The van der Waals surface area contributed by atoms with Crippen molar-refractivity contribution in [3.8, 4) is 5.75 Å². The first-order chi connectivity index (χ1) is 10.1. The molecule has 0 unspecified atom stereocenters. The molecule has 112 valence electrons. The summed E-state index contributed by atoms with van der Waals surface area (Å²) in [6, 6.07) is 12.2. The molecule has 2 N–H and O–H groups in total. The molecule has 0 aliphatic heterocycles. The molecule has 2 aromatic rings. The van der Waals surface area contributed by atoms with Gasteiger partial charge in [-0.05, 0) is 48.7 Å². The fourth-order valence-corrected chi connectivity index (χ4v) is 2.47. The minimum atomic E-state index is 0.0757. The topological polar surface area (TPSA) is 41.5 Å². The average molecular weight is 285 g/mol. The Bertz CT molecular complexity index is 568. The Morgan fingerprint density at radius 2 is 1.52 bits per heavy atom. The Kier molecular flexibility index (Phi) is 5.37. The molecular formula is C18H23NO2. The number of rotatable bonds is 6. The molecule has 2 rings (SSSR count). The molecule has 0 amide bonds. The van der Waals surface area contributed by atoms with E-state index < -0.39 is 0 Å². The third kappa shape index (κ3) is 4.06. The summed E-state index contributed by atoms with van der Waals surface area (Å²) in [7, 11) is 1.95. The second kappa shape index (κ2) is 7.25. The lowest BCUT2D eigenvalue weighted by atomic mass is 10.1. The molecule has 0 aliphatic carbocycles. The van der Waals surface area contributed by atoms with Crippen molar-refractivity contribution in [3.63, 3.8) is 0 Å². The van der Waals surface area contributed by atoms with Crippen molar-refractivity contribution in [2.75, 3.05) is 7.05 Å². The molecule has 0 spiro atoms. The van der Waals surface area contributed by atoms with Gasteiger partial charge in [0, 0.05) is 6.54 Å². The van der Waals surface area contributed by atoms with Crippen molar-refractivity contribution in [2.45, 2.75) is 33.6 Å². The first-order valence-electron chi connectivity index (χ1n) is 7.20. The van der Waals surface area contributed by atoms with Gasteiger partial charge in [-0.1, -0.05) is 36.4 Å². The average Bonchev–Trinajstić information content (AvgIpc) is 2.47. The van der Waals surface area contributed by atoms with Gasteiger partial charge in [0.05, 0.1) is 6.61 Å². The predicted octanol–water partition coefficient (Wildman–Crippen LogP) is 3.09. The van der Waals surface area contributed by atoms with Crippen molar-refractivity contribution < 1.29 is 9.84 Å². The Morgan fingerprint density at radius 1 is 0.952 bits per heavy atom. The van der Waals surface area contributed by atoms with Gasteiger partial charge in [0.1, 0.15) is 12.4 Å². The zero-order chi connectivity index (χ0) is 15.2. The van der Waals surface area contributed by atoms with Crippen LogP contribution in [0.2, 0.25) is 0 Å². The molecule has 0 aromatic heterocycles. The molecular weight excluding hydrogens is 262 g/mol. The third-order valence-corrected chi connectivity index (χ3v) is 3.49. The lowest BCUT2D eigenvalue weighted by Gasteiger charge is -2.14. The maximum atomic E-state index is 9.04. The molecule has 0 saturated carbocycles. The summed E-state index contributed by atoms with van der Waals surface area (Å²) >= 11 is 0. The molecule has 0 saturated heterocycles. The van der Waals surface area contributed by atoms with Crippen molar-refractivity contribution in [1.29, 1.82) is 0 Å². The smallest absolute Gasteiger partial charge is 0.125 e. The van der Waals surface area contributed by atoms with Gasteiger partial charge < -0.3 is 15.2 Å². The lowest BCUT2D eigenvalue weighted by molar-refractivity contribution is 0.281. The van der Waals surface area contributed by atoms with Gasteiger partial charge in [-0.15, -0.1) is 0 Å². The second-order valence-electron chi connectivity index (χ2n) is 5.35. The maximum absolute atomic E-state index is 9.04. The minimum absolute atomic E-state index is 0.0757. The molecule has 0 heterocycles. The van der Waals surface area contributed by atoms with Crippen LogP contribution >= 0.6 is 0 Å². The number of aryl methyl sites for hydroxylation is 2. The SMILES string of the molecule is CNCc1cc(C)c(OCc2ccc(CO)cc2)c(C)c1. The van der Waals surface area contributed by atoms with Crippen LogP contribution in [0.15, 0.2) is 36.4 Å². The second-order valence-corrected chi connectivity index (χ2v) is 5.35. The molecule has 2 aromatic carbocycles. The van der Waals surface area contributed by atoms with Crippen LogP contribution in [0.1, 0.15) is 27.8 Å².